The summed E-state index contributed by atoms with van der Waals surface area (Å²) in [6.07, 6.45) is 4.08. The van der Waals surface area contributed by atoms with E-state index in [1.807, 2.05) is 11.0 Å². The quantitative estimate of drug-likeness (QED) is 0.443. The van der Waals surface area contributed by atoms with E-state index in [-0.39, 0.29) is 12.1 Å². The van der Waals surface area contributed by atoms with Gasteiger partial charge < -0.3 is 19.9 Å². The first-order chi connectivity index (χ1) is 18.7. The Hall–Kier alpha value is -3.16. The molecule has 0 spiro atoms. The first-order valence-electron chi connectivity index (χ1n) is 14.2. The van der Waals surface area contributed by atoms with Crippen LogP contribution in [0, 0.1) is 0 Å². The molecule has 0 unspecified atom stereocenters. The van der Waals surface area contributed by atoms with Crippen molar-refractivity contribution in [2.24, 2.45) is 0 Å². The monoisotopic (exact) mass is 515 g/mol. The number of likely N-dealkylation sites (tertiary alicyclic amines) is 1. The molecule has 0 radical (unpaired) electrons. The summed E-state index contributed by atoms with van der Waals surface area (Å²) in [5.41, 5.74) is 5.03. The Kier molecular flexibility index (Phi) is 9.10. The fourth-order valence-corrected chi connectivity index (χ4v) is 5.74. The van der Waals surface area contributed by atoms with E-state index >= 15 is 0 Å². The Morgan fingerprint density at radius 2 is 1.68 bits per heavy atom. The Bertz CT molecular complexity index is 1140. The summed E-state index contributed by atoms with van der Waals surface area (Å²) in [6.45, 7) is 8.76. The van der Waals surface area contributed by atoms with E-state index in [4.69, 9.17) is 9.84 Å². The lowest BCUT2D eigenvalue weighted by Gasteiger charge is -2.34. The summed E-state index contributed by atoms with van der Waals surface area (Å²) in [5.74, 6) is 0.550. The number of morpholine rings is 1. The van der Waals surface area contributed by atoms with Gasteiger partial charge in [0, 0.05) is 44.2 Å². The van der Waals surface area contributed by atoms with Crippen LogP contribution in [0.25, 0.3) is 0 Å². The van der Waals surface area contributed by atoms with Crippen molar-refractivity contribution >= 4 is 6.03 Å². The number of ether oxygens (including phenoxy) is 1. The van der Waals surface area contributed by atoms with Gasteiger partial charge in [0.25, 0.3) is 0 Å². The molecule has 2 aliphatic heterocycles. The minimum atomic E-state index is 0.00587. The summed E-state index contributed by atoms with van der Waals surface area (Å²) in [5, 5.41) is 8.24. The molecule has 2 fully saturated rings. The summed E-state index contributed by atoms with van der Waals surface area (Å²) in [7, 11) is 0. The van der Waals surface area contributed by atoms with Crippen LogP contribution in [0.15, 0.2) is 66.7 Å². The largest absolute Gasteiger partial charge is 0.378 e. The highest BCUT2D eigenvalue weighted by molar-refractivity contribution is 5.74. The van der Waals surface area contributed by atoms with Gasteiger partial charge in [-0.1, -0.05) is 60.7 Å². The Morgan fingerprint density at radius 1 is 1.00 bits per heavy atom. The van der Waals surface area contributed by atoms with Gasteiger partial charge in [-0.25, -0.2) is 4.79 Å². The van der Waals surface area contributed by atoms with E-state index in [1.54, 1.807) is 0 Å². The van der Waals surface area contributed by atoms with Crippen LogP contribution in [0.5, 0.6) is 0 Å². The zero-order chi connectivity index (χ0) is 26.2. The van der Waals surface area contributed by atoms with Crippen LogP contribution >= 0.6 is 0 Å². The first-order valence-corrected chi connectivity index (χ1v) is 14.2. The molecule has 5 rings (SSSR count). The van der Waals surface area contributed by atoms with Crippen molar-refractivity contribution in [1.29, 1.82) is 0 Å². The number of aryl methyl sites for hydroxylation is 1. The minimum Gasteiger partial charge on any atom is -0.378 e. The standard InChI is InChI=1S/C31H41N5O2/c1-2-36-30(24-28(33-36)23-25-9-5-3-6-10-25)27-13-16-34(17-14-27)18-15-29(26-11-7-4-8-12-26)32-31(37)35-19-21-38-22-20-35/h3-12,24,27,29H,2,13-23H2,1H3,(H,32,37)/t29-/m0/s1. The van der Waals surface area contributed by atoms with Gasteiger partial charge in [0.1, 0.15) is 0 Å². The summed E-state index contributed by atoms with van der Waals surface area (Å²) in [6, 6.07) is 23.3. The van der Waals surface area contributed by atoms with Crippen molar-refractivity contribution in [1.82, 2.24) is 24.9 Å². The number of nitrogens with zero attached hydrogens (tertiary/aromatic N) is 4. The normalized spacial score (nSPS) is 17.9. The van der Waals surface area contributed by atoms with Crippen molar-refractivity contribution in [3.63, 3.8) is 0 Å². The van der Waals surface area contributed by atoms with Gasteiger partial charge in [-0.2, -0.15) is 5.10 Å². The van der Waals surface area contributed by atoms with Crippen LogP contribution in [0.4, 0.5) is 4.79 Å². The van der Waals surface area contributed by atoms with Crippen LogP contribution in [0.3, 0.4) is 0 Å². The lowest BCUT2D eigenvalue weighted by molar-refractivity contribution is 0.0522. The number of aromatic nitrogens is 2. The predicted molar refractivity (Wildman–Crippen MR) is 150 cm³/mol. The highest BCUT2D eigenvalue weighted by atomic mass is 16.5. The molecule has 0 aliphatic carbocycles. The molecule has 1 N–H and O–H groups in total. The van der Waals surface area contributed by atoms with E-state index in [1.165, 1.54) is 16.8 Å². The third kappa shape index (κ3) is 6.83. The van der Waals surface area contributed by atoms with Crippen molar-refractivity contribution in [3.8, 4) is 0 Å². The molecule has 2 saturated heterocycles. The molecule has 3 aromatic rings. The number of carbonyl (C=O) groups excluding carboxylic acids is 1. The van der Waals surface area contributed by atoms with Gasteiger partial charge in [-0.3, -0.25) is 4.68 Å². The van der Waals surface area contributed by atoms with Gasteiger partial charge in [-0.15, -0.1) is 0 Å². The molecule has 2 amide bonds. The van der Waals surface area contributed by atoms with E-state index in [0.717, 1.165) is 57.6 Å². The van der Waals surface area contributed by atoms with Crippen molar-refractivity contribution in [3.05, 3.63) is 89.2 Å². The maximum Gasteiger partial charge on any atom is 0.318 e. The van der Waals surface area contributed by atoms with Crippen molar-refractivity contribution in [2.75, 3.05) is 45.9 Å². The third-order valence-corrected chi connectivity index (χ3v) is 7.93. The summed E-state index contributed by atoms with van der Waals surface area (Å²) >= 11 is 0. The van der Waals surface area contributed by atoms with E-state index in [0.29, 0.717) is 32.2 Å². The number of hydrogen-bond donors (Lipinski definition) is 1. The maximum absolute atomic E-state index is 12.9. The second-order valence-electron chi connectivity index (χ2n) is 10.5. The minimum absolute atomic E-state index is 0.00587. The predicted octanol–water partition coefficient (Wildman–Crippen LogP) is 4.85. The fourth-order valence-electron chi connectivity index (χ4n) is 5.74. The van der Waals surface area contributed by atoms with Crippen LogP contribution < -0.4 is 5.32 Å². The number of rotatable bonds is 9. The van der Waals surface area contributed by atoms with Gasteiger partial charge in [-0.05, 0) is 56.5 Å². The molecular weight excluding hydrogens is 474 g/mol. The van der Waals surface area contributed by atoms with Crippen LogP contribution in [0.2, 0.25) is 0 Å². The SMILES string of the molecule is CCn1nc(Cc2ccccc2)cc1C1CCN(CC[C@H](NC(=O)N2CCOCC2)c2ccccc2)CC1. The molecule has 0 saturated carbocycles. The Morgan fingerprint density at radius 3 is 2.37 bits per heavy atom. The lowest BCUT2D eigenvalue weighted by Crippen LogP contribution is -2.47. The highest BCUT2D eigenvalue weighted by Crippen LogP contribution is 2.30. The average molecular weight is 516 g/mol. The van der Waals surface area contributed by atoms with Crippen LogP contribution in [-0.2, 0) is 17.7 Å². The van der Waals surface area contributed by atoms with Crippen molar-refractivity contribution < 1.29 is 9.53 Å². The number of amides is 2. The molecule has 2 aliphatic rings. The molecule has 38 heavy (non-hydrogen) atoms. The molecule has 3 heterocycles. The molecule has 202 valence electrons. The average Bonchev–Trinajstić information content (AvgIpc) is 3.39. The molecule has 0 bridgehead atoms. The van der Waals surface area contributed by atoms with E-state index in [9.17, 15) is 4.79 Å². The number of urea groups is 1. The smallest absolute Gasteiger partial charge is 0.318 e. The van der Waals surface area contributed by atoms with Gasteiger partial charge in [0.15, 0.2) is 0 Å². The number of hydrogen-bond acceptors (Lipinski definition) is 4. The zero-order valence-corrected chi connectivity index (χ0v) is 22.6. The molecule has 7 nitrogen and oxygen atoms in total. The number of nitrogens with one attached hydrogen (secondary N) is 1. The second kappa shape index (κ2) is 13.1. The van der Waals surface area contributed by atoms with Crippen LogP contribution in [-0.4, -0.2) is 71.5 Å². The molecular formula is C31H41N5O2. The van der Waals surface area contributed by atoms with E-state index < -0.39 is 0 Å². The van der Waals surface area contributed by atoms with Gasteiger partial charge in [0.2, 0.25) is 0 Å². The first kappa shape index (κ1) is 26.4. The molecule has 1 atom stereocenters. The van der Waals surface area contributed by atoms with Crippen LogP contribution in [0.1, 0.15) is 60.7 Å². The third-order valence-electron chi connectivity index (χ3n) is 7.93. The molecule has 7 heteroatoms. The lowest BCUT2D eigenvalue weighted by atomic mass is 9.92. The molecule has 1 aromatic heterocycles. The Balaban J connectivity index is 1.16. The number of benzene rings is 2. The number of piperidine rings is 1. The molecule has 2 aromatic carbocycles. The highest BCUT2D eigenvalue weighted by Gasteiger charge is 2.26. The Labute approximate surface area is 226 Å². The summed E-state index contributed by atoms with van der Waals surface area (Å²) < 4.78 is 7.63. The maximum atomic E-state index is 12.9. The zero-order valence-electron chi connectivity index (χ0n) is 22.6. The van der Waals surface area contributed by atoms with Crippen molar-refractivity contribution in [2.45, 2.75) is 51.1 Å². The topological polar surface area (TPSA) is 62.6 Å². The van der Waals surface area contributed by atoms with Gasteiger partial charge >= 0.3 is 6.03 Å². The summed E-state index contributed by atoms with van der Waals surface area (Å²) in [4.78, 5) is 17.4. The second-order valence-corrected chi connectivity index (χ2v) is 10.5. The van der Waals surface area contributed by atoms with E-state index in [2.05, 4.69) is 82.5 Å². The van der Waals surface area contributed by atoms with Gasteiger partial charge in [0.05, 0.1) is 24.9 Å². The fraction of sp³-hybridized carbons (Fsp3) is 0.484. The number of carbonyl (C=O) groups is 1.